The lowest BCUT2D eigenvalue weighted by Crippen LogP contribution is -1.75. The van der Waals surface area contributed by atoms with E-state index in [4.69, 9.17) is 5.26 Å². The molecule has 0 aliphatic rings. The van der Waals surface area contributed by atoms with Crippen molar-refractivity contribution in [3.8, 4) is 6.07 Å². The molecule has 9 heavy (non-hydrogen) atoms. The monoisotopic (exact) mass is 251 g/mol. The number of aromatic nitrogens is 2. The van der Waals surface area contributed by atoms with Crippen molar-refractivity contribution >= 4 is 28.4 Å². The smallest absolute Gasteiger partial charge is 0.102 e. The van der Waals surface area contributed by atoms with Gasteiger partial charge in [0.05, 0.1) is 18.1 Å². The molecule has 5 heteroatoms. The van der Waals surface area contributed by atoms with E-state index in [-0.39, 0.29) is 0 Å². The Morgan fingerprint density at radius 3 is 3.00 bits per heavy atom. The van der Waals surface area contributed by atoms with E-state index >= 15 is 0 Å². The van der Waals surface area contributed by atoms with Gasteiger partial charge in [0.15, 0.2) is 0 Å². The highest BCUT2D eigenvalue weighted by Crippen LogP contribution is 2.21. The van der Waals surface area contributed by atoms with E-state index in [1.807, 2.05) is 6.07 Å². The SMILES string of the molecule is N#Cc1cnn(PI)c1. The Morgan fingerprint density at radius 1 is 1.89 bits per heavy atom. The fourth-order valence-electron chi connectivity index (χ4n) is 0.427. The van der Waals surface area contributed by atoms with E-state index < -0.39 is 0 Å². The Kier molecular flexibility index (Phi) is 2.43. The molecule has 1 unspecified atom stereocenters. The van der Waals surface area contributed by atoms with E-state index in [0.29, 0.717) is 11.9 Å². The van der Waals surface area contributed by atoms with Crippen molar-refractivity contribution < 1.29 is 0 Å². The molecule has 3 nitrogen and oxygen atoms in total. The summed E-state index contributed by atoms with van der Waals surface area (Å²) >= 11 is 2.20. The lowest BCUT2D eigenvalue weighted by atomic mass is 10.4. The van der Waals surface area contributed by atoms with Crippen LogP contribution in [0.15, 0.2) is 12.4 Å². The van der Waals surface area contributed by atoms with Crippen LogP contribution in [0, 0.1) is 11.3 Å². The normalized spacial score (nSPS) is 10.2. The molecule has 1 aromatic rings. The fourth-order valence-corrected chi connectivity index (χ4v) is 1.51. The van der Waals surface area contributed by atoms with E-state index in [1.54, 1.807) is 16.8 Å². The molecule has 0 N–H and O–H groups in total. The van der Waals surface area contributed by atoms with Gasteiger partial charge in [-0.1, -0.05) is 0 Å². The molecule has 0 bridgehead atoms. The van der Waals surface area contributed by atoms with Crippen LogP contribution in [0.3, 0.4) is 0 Å². The number of nitriles is 1. The van der Waals surface area contributed by atoms with Crippen molar-refractivity contribution in [2.75, 3.05) is 0 Å². The quantitative estimate of drug-likeness (QED) is 0.561. The topological polar surface area (TPSA) is 41.6 Å². The first-order chi connectivity index (χ1) is 4.36. The Balaban J connectivity index is 2.90. The molecule has 1 heterocycles. The molecule has 0 saturated carbocycles. The van der Waals surface area contributed by atoms with Crippen LogP contribution in [0.1, 0.15) is 5.56 Å². The Labute approximate surface area is 67.4 Å². The zero-order valence-electron chi connectivity index (χ0n) is 4.37. The van der Waals surface area contributed by atoms with Gasteiger partial charge in [-0.25, -0.2) is 4.45 Å². The summed E-state index contributed by atoms with van der Waals surface area (Å²) in [6.07, 6.45) is 3.87. The van der Waals surface area contributed by atoms with Gasteiger partial charge in [-0.2, -0.15) is 10.4 Å². The summed E-state index contributed by atoms with van der Waals surface area (Å²) in [6, 6.07) is 2.00. The van der Waals surface area contributed by atoms with Crippen molar-refractivity contribution in [1.29, 1.82) is 5.26 Å². The molecule has 0 amide bonds. The summed E-state index contributed by atoms with van der Waals surface area (Å²) in [7, 11) is 0. The van der Waals surface area contributed by atoms with Gasteiger partial charge in [-0.15, -0.1) is 0 Å². The molecule has 1 atom stereocenters. The van der Waals surface area contributed by atoms with Crippen LogP contribution in [0.2, 0.25) is 0 Å². The van der Waals surface area contributed by atoms with E-state index in [9.17, 15) is 0 Å². The summed E-state index contributed by atoms with van der Waals surface area (Å²) < 4.78 is 1.74. The van der Waals surface area contributed by atoms with Gasteiger partial charge in [0.1, 0.15) is 6.07 Å². The van der Waals surface area contributed by atoms with Crippen molar-refractivity contribution in [3.05, 3.63) is 18.0 Å². The van der Waals surface area contributed by atoms with E-state index in [2.05, 4.69) is 27.1 Å². The lowest BCUT2D eigenvalue weighted by Gasteiger charge is -1.85. The van der Waals surface area contributed by atoms with E-state index in [0.717, 1.165) is 0 Å². The zero-order valence-corrected chi connectivity index (χ0v) is 7.53. The Morgan fingerprint density at radius 2 is 2.67 bits per heavy atom. The lowest BCUT2D eigenvalue weighted by molar-refractivity contribution is 1.01. The largest absolute Gasteiger partial charge is 0.244 e. The van der Waals surface area contributed by atoms with Crippen LogP contribution in [0.4, 0.5) is 0 Å². The molecule has 0 aliphatic heterocycles. The minimum absolute atomic E-state index is 0.578. The number of rotatable bonds is 1. The predicted octanol–water partition coefficient (Wildman–Crippen LogP) is 1.55. The van der Waals surface area contributed by atoms with Crippen LogP contribution in [-0.2, 0) is 0 Å². The number of hydrogen-bond acceptors (Lipinski definition) is 2. The minimum atomic E-state index is 0.578. The van der Waals surface area contributed by atoms with Crippen LogP contribution < -0.4 is 0 Å². The molecular weight excluding hydrogens is 248 g/mol. The minimum Gasteiger partial charge on any atom is -0.244 e. The maximum atomic E-state index is 8.34. The second-order valence-electron chi connectivity index (χ2n) is 1.37. The van der Waals surface area contributed by atoms with Gasteiger partial charge in [-0.05, 0) is 22.0 Å². The van der Waals surface area contributed by atoms with Crippen molar-refractivity contribution in [3.63, 3.8) is 0 Å². The molecule has 46 valence electrons. The standard InChI is InChI=1S/C4H3IN3P/c5-9-8-3-4(1-6)2-7-8/h2-3,9H. The summed E-state index contributed by atoms with van der Waals surface area (Å²) in [6.45, 7) is 0. The third-order valence-corrected chi connectivity index (χ3v) is 2.70. The van der Waals surface area contributed by atoms with Gasteiger partial charge in [-0.3, -0.25) is 0 Å². The summed E-state index contributed by atoms with van der Waals surface area (Å²) in [5, 5.41) is 12.2. The van der Waals surface area contributed by atoms with Gasteiger partial charge < -0.3 is 0 Å². The molecule has 0 fully saturated rings. The second-order valence-corrected chi connectivity index (χ2v) is 3.44. The molecule has 0 spiro atoms. The predicted molar refractivity (Wildman–Crippen MR) is 44.7 cm³/mol. The average Bonchev–Trinajstić information content (AvgIpc) is 2.34. The van der Waals surface area contributed by atoms with Gasteiger partial charge in [0.2, 0.25) is 0 Å². The van der Waals surface area contributed by atoms with Crippen LogP contribution in [0.5, 0.6) is 0 Å². The Hall–Kier alpha value is -0.140. The van der Waals surface area contributed by atoms with Crippen LogP contribution in [0.25, 0.3) is 0 Å². The number of nitrogens with zero attached hydrogens (tertiary/aromatic N) is 3. The highest BCUT2D eigenvalue weighted by molar-refractivity contribution is 14.2. The zero-order chi connectivity index (χ0) is 6.69. The summed E-state index contributed by atoms with van der Waals surface area (Å²) in [5.74, 6) is 0. The van der Waals surface area contributed by atoms with Crippen molar-refractivity contribution in [1.82, 2.24) is 9.55 Å². The maximum Gasteiger partial charge on any atom is 0.102 e. The van der Waals surface area contributed by atoms with Crippen molar-refractivity contribution in [2.24, 2.45) is 0 Å². The molecule has 0 saturated heterocycles. The highest BCUT2D eigenvalue weighted by atomic mass is 127. The number of hydrogen-bond donors (Lipinski definition) is 0. The van der Waals surface area contributed by atoms with Gasteiger partial charge >= 0.3 is 0 Å². The van der Waals surface area contributed by atoms with Crippen LogP contribution >= 0.6 is 28.4 Å². The third-order valence-electron chi connectivity index (χ3n) is 0.798. The first-order valence-electron chi connectivity index (χ1n) is 2.18. The summed E-state index contributed by atoms with van der Waals surface area (Å²) in [4.78, 5) is 0. The molecule has 0 radical (unpaired) electrons. The first kappa shape index (κ1) is 6.97. The average molecular weight is 251 g/mol. The van der Waals surface area contributed by atoms with E-state index in [1.165, 1.54) is 0 Å². The molecule has 1 aromatic heterocycles. The molecule has 1 rings (SSSR count). The Bertz CT molecular complexity index is 238. The second kappa shape index (κ2) is 3.14. The third kappa shape index (κ3) is 1.63. The molecule has 0 aliphatic carbocycles. The van der Waals surface area contributed by atoms with Crippen LogP contribution in [-0.4, -0.2) is 9.55 Å². The van der Waals surface area contributed by atoms with Gasteiger partial charge in [0.25, 0.3) is 0 Å². The summed E-state index contributed by atoms with van der Waals surface area (Å²) in [5.41, 5.74) is 0.624. The fraction of sp³-hybridized carbons (Fsp3) is 0. The molecule has 0 aromatic carbocycles. The van der Waals surface area contributed by atoms with Crippen molar-refractivity contribution in [2.45, 2.75) is 0 Å². The first-order valence-corrected chi connectivity index (χ1v) is 6.24. The van der Waals surface area contributed by atoms with Gasteiger partial charge in [0, 0.05) is 6.20 Å². The molecular formula is C4H3IN3P. The highest BCUT2D eigenvalue weighted by Gasteiger charge is 1.92. The number of halogens is 1. The maximum absolute atomic E-state index is 8.34.